The number of benzene rings is 4. The van der Waals surface area contributed by atoms with Crippen molar-refractivity contribution in [2.75, 3.05) is 12.4 Å². The van der Waals surface area contributed by atoms with Crippen LogP contribution in [-0.2, 0) is 11.4 Å². The Hall–Kier alpha value is -3.98. The highest BCUT2D eigenvalue weighted by atomic mass is 35.5. The summed E-state index contributed by atoms with van der Waals surface area (Å²) in [6.07, 6.45) is 1.46. The van der Waals surface area contributed by atoms with Crippen molar-refractivity contribution in [1.29, 1.82) is 5.26 Å². The first-order valence-electron chi connectivity index (χ1n) is 10.6. The summed E-state index contributed by atoms with van der Waals surface area (Å²) >= 11 is 12.3. The molecular formula is C28H20Cl2N2O3. The highest BCUT2D eigenvalue weighted by Crippen LogP contribution is 2.32. The van der Waals surface area contributed by atoms with Crippen LogP contribution in [0.2, 0.25) is 10.0 Å². The average Bonchev–Trinajstić information content (AvgIpc) is 2.88. The summed E-state index contributed by atoms with van der Waals surface area (Å²) in [5, 5.41) is 15.0. The summed E-state index contributed by atoms with van der Waals surface area (Å²) in [5.41, 5.74) is 1.75. The number of methoxy groups -OCH3 is 1. The van der Waals surface area contributed by atoms with Crippen molar-refractivity contribution >= 4 is 51.6 Å². The lowest BCUT2D eigenvalue weighted by Gasteiger charge is -2.13. The average molecular weight is 503 g/mol. The van der Waals surface area contributed by atoms with E-state index in [-0.39, 0.29) is 21.3 Å². The number of rotatable bonds is 7. The summed E-state index contributed by atoms with van der Waals surface area (Å²) in [5.74, 6) is 0.394. The molecule has 0 bridgehead atoms. The smallest absolute Gasteiger partial charge is 0.266 e. The number of nitrogens with one attached hydrogen (secondary N) is 1. The maximum absolute atomic E-state index is 12.7. The summed E-state index contributed by atoms with van der Waals surface area (Å²) < 4.78 is 11.5. The Balaban J connectivity index is 1.58. The summed E-state index contributed by atoms with van der Waals surface area (Å²) in [6, 6.07) is 26.1. The molecule has 0 saturated carbocycles. The van der Waals surface area contributed by atoms with Crippen LogP contribution in [-0.4, -0.2) is 13.0 Å². The van der Waals surface area contributed by atoms with Gasteiger partial charge < -0.3 is 14.8 Å². The minimum absolute atomic E-state index is 0.119. The topological polar surface area (TPSA) is 71.3 Å². The highest BCUT2D eigenvalue weighted by Gasteiger charge is 2.15. The van der Waals surface area contributed by atoms with Crippen LogP contribution in [0.25, 0.3) is 16.8 Å². The molecule has 0 fully saturated rings. The normalized spacial score (nSPS) is 11.1. The lowest BCUT2D eigenvalue weighted by atomic mass is 10.1. The van der Waals surface area contributed by atoms with Crippen LogP contribution >= 0.6 is 23.2 Å². The molecule has 1 N–H and O–H groups in total. The molecule has 174 valence electrons. The first-order valence-corrected chi connectivity index (χ1v) is 11.4. The number of halogens is 2. The van der Waals surface area contributed by atoms with E-state index in [9.17, 15) is 10.1 Å². The maximum Gasteiger partial charge on any atom is 0.266 e. The lowest BCUT2D eigenvalue weighted by Crippen LogP contribution is -2.14. The van der Waals surface area contributed by atoms with Crippen molar-refractivity contribution in [2.24, 2.45) is 0 Å². The molecule has 0 aliphatic rings. The van der Waals surface area contributed by atoms with Gasteiger partial charge in [-0.2, -0.15) is 5.26 Å². The Bertz CT molecular complexity index is 1450. The van der Waals surface area contributed by atoms with Crippen molar-refractivity contribution < 1.29 is 14.3 Å². The van der Waals surface area contributed by atoms with Crippen molar-refractivity contribution in [3.63, 3.8) is 0 Å². The number of anilines is 1. The van der Waals surface area contributed by atoms with Crippen LogP contribution in [0.3, 0.4) is 0 Å². The van der Waals surface area contributed by atoms with Gasteiger partial charge in [0.15, 0.2) is 11.5 Å². The molecule has 4 aromatic rings. The third kappa shape index (κ3) is 5.58. The van der Waals surface area contributed by atoms with Gasteiger partial charge in [0.1, 0.15) is 18.2 Å². The zero-order chi connectivity index (χ0) is 24.8. The van der Waals surface area contributed by atoms with Gasteiger partial charge in [0, 0.05) is 0 Å². The summed E-state index contributed by atoms with van der Waals surface area (Å²) in [7, 11) is 1.55. The number of ether oxygens (including phenoxy) is 2. The molecule has 0 heterocycles. The molecule has 0 saturated heterocycles. The van der Waals surface area contributed by atoms with Gasteiger partial charge in [-0.05, 0) is 52.2 Å². The molecule has 0 aromatic heterocycles. The van der Waals surface area contributed by atoms with Crippen LogP contribution in [0.4, 0.5) is 5.69 Å². The predicted octanol–water partition coefficient (Wildman–Crippen LogP) is 7.28. The molecule has 0 radical (unpaired) electrons. The van der Waals surface area contributed by atoms with Gasteiger partial charge in [0.25, 0.3) is 5.91 Å². The number of amides is 1. The molecule has 4 aromatic carbocycles. The maximum atomic E-state index is 12.7. The van der Waals surface area contributed by atoms with Crippen molar-refractivity contribution in [2.45, 2.75) is 6.61 Å². The Morgan fingerprint density at radius 1 is 0.971 bits per heavy atom. The fourth-order valence-electron chi connectivity index (χ4n) is 3.58. The van der Waals surface area contributed by atoms with Crippen molar-refractivity contribution in [3.05, 3.63) is 106 Å². The molecule has 0 aliphatic carbocycles. The molecule has 0 spiro atoms. The van der Waals surface area contributed by atoms with Crippen LogP contribution in [0, 0.1) is 11.3 Å². The van der Waals surface area contributed by atoms with E-state index in [0.717, 1.165) is 16.3 Å². The van der Waals surface area contributed by atoms with Crippen molar-refractivity contribution in [1.82, 2.24) is 0 Å². The molecule has 4 rings (SSSR count). The number of carbonyl (C=O) groups excluding carboxylic acids is 1. The Morgan fingerprint density at radius 2 is 1.69 bits per heavy atom. The highest BCUT2D eigenvalue weighted by molar-refractivity contribution is 6.40. The molecule has 7 heteroatoms. The summed E-state index contributed by atoms with van der Waals surface area (Å²) in [4.78, 5) is 12.7. The van der Waals surface area contributed by atoms with Gasteiger partial charge in [0.2, 0.25) is 0 Å². The van der Waals surface area contributed by atoms with E-state index < -0.39 is 5.91 Å². The largest absolute Gasteiger partial charge is 0.493 e. The molecule has 0 atom stereocenters. The minimum atomic E-state index is -0.628. The number of hydrogen-bond acceptors (Lipinski definition) is 4. The third-order valence-electron chi connectivity index (χ3n) is 5.33. The van der Waals surface area contributed by atoms with E-state index >= 15 is 0 Å². The summed E-state index contributed by atoms with van der Waals surface area (Å²) in [6.45, 7) is 0.321. The number of fused-ring (bicyclic) bond motifs is 1. The predicted molar refractivity (Wildman–Crippen MR) is 140 cm³/mol. The van der Waals surface area contributed by atoms with Gasteiger partial charge in [-0.15, -0.1) is 0 Å². The van der Waals surface area contributed by atoms with Crippen LogP contribution < -0.4 is 14.8 Å². The fourth-order valence-corrected chi connectivity index (χ4v) is 4.08. The van der Waals surface area contributed by atoms with E-state index in [2.05, 4.69) is 17.4 Å². The van der Waals surface area contributed by atoms with Gasteiger partial charge in [-0.3, -0.25) is 4.79 Å². The quantitative estimate of drug-likeness (QED) is 0.213. The van der Waals surface area contributed by atoms with E-state index in [1.165, 1.54) is 6.08 Å². The van der Waals surface area contributed by atoms with E-state index in [1.807, 2.05) is 36.4 Å². The Kier molecular flexibility index (Phi) is 7.57. The second-order valence-corrected chi connectivity index (χ2v) is 8.37. The van der Waals surface area contributed by atoms with E-state index in [0.29, 0.717) is 23.7 Å². The van der Waals surface area contributed by atoms with E-state index in [4.69, 9.17) is 32.7 Å². The zero-order valence-corrected chi connectivity index (χ0v) is 20.2. The SMILES string of the molecule is COc1ccc(/C=C(\C#N)C(=O)Nc2c(Cl)cccc2Cl)cc1OCc1cccc2ccccc12. The first-order chi connectivity index (χ1) is 17.0. The molecule has 35 heavy (non-hydrogen) atoms. The lowest BCUT2D eigenvalue weighted by molar-refractivity contribution is -0.112. The molecule has 1 amide bonds. The molecule has 0 aliphatic heterocycles. The van der Waals surface area contributed by atoms with Gasteiger partial charge in [-0.1, -0.05) is 77.8 Å². The van der Waals surface area contributed by atoms with Crippen LogP contribution in [0.5, 0.6) is 11.5 Å². The Morgan fingerprint density at radius 3 is 2.43 bits per heavy atom. The second-order valence-electron chi connectivity index (χ2n) is 7.56. The van der Waals surface area contributed by atoms with E-state index in [1.54, 1.807) is 43.5 Å². The molecule has 5 nitrogen and oxygen atoms in total. The molecule has 0 unspecified atom stereocenters. The fraction of sp³-hybridized carbons (Fsp3) is 0.0714. The molecular weight excluding hydrogens is 483 g/mol. The van der Waals surface area contributed by atoms with Gasteiger partial charge in [-0.25, -0.2) is 0 Å². The van der Waals surface area contributed by atoms with Crippen LogP contribution in [0.15, 0.2) is 84.4 Å². The first kappa shape index (κ1) is 24.2. The number of nitriles is 1. The van der Waals surface area contributed by atoms with Gasteiger partial charge in [0.05, 0.1) is 22.8 Å². The minimum Gasteiger partial charge on any atom is -0.493 e. The number of carbonyl (C=O) groups is 1. The standard InChI is InChI=1S/C28H20Cl2N2O3/c1-34-25-13-12-18(14-21(16-31)28(33)32-27-23(29)10-5-11-24(27)30)15-26(25)35-17-20-8-4-7-19-6-2-3-9-22(19)20/h2-15H,17H2,1H3,(H,32,33)/b21-14+. The van der Waals surface area contributed by atoms with Crippen LogP contribution in [0.1, 0.15) is 11.1 Å². The number of para-hydroxylation sites is 1. The monoisotopic (exact) mass is 502 g/mol. The number of hydrogen-bond donors (Lipinski definition) is 1. The Labute approximate surface area is 213 Å². The van der Waals surface area contributed by atoms with Crippen molar-refractivity contribution in [3.8, 4) is 17.6 Å². The second kappa shape index (κ2) is 11.0. The number of nitrogens with zero attached hydrogens (tertiary/aromatic N) is 1. The zero-order valence-electron chi connectivity index (χ0n) is 18.7. The third-order valence-corrected chi connectivity index (χ3v) is 5.96. The van der Waals surface area contributed by atoms with Gasteiger partial charge >= 0.3 is 0 Å².